The minimum absolute atomic E-state index is 0. The topological polar surface area (TPSA) is 47.9 Å². The van der Waals surface area contributed by atoms with Crippen molar-refractivity contribution < 1.29 is 9.50 Å². The summed E-state index contributed by atoms with van der Waals surface area (Å²) in [5.74, 6) is 0.408. The average Bonchev–Trinajstić information content (AvgIpc) is 3.08. The lowest BCUT2D eigenvalue weighted by Crippen LogP contribution is -2.39. The number of halogens is 2. The Morgan fingerprint density at radius 3 is 2.79 bits per heavy atom. The molecule has 0 aliphatic heterocycles. The second kappa shape index (κ2) is 10.6. The van der Waals surface area contributed by atoms with Gasteiger partial charge in [-0.05, 0) is 35.6 Å². The molecule has 2 rings (SSSR count). The zero-order valence-electron chi connectivity index (χ0n) is 13.8. The normalized spacial score (nSPS) is 11.1. The number of thiophene rings is 1. The Bertz CT molecular complexity index is 649. The lowest BCUT2D eigenvalue weighted by molar-refractivity contribution is 0.275. The molecule has 4 nitrogen and oxygen atoms in total. The van der Waals surface area contributed by atoms with Crippen LogP contribution in [0.15, 0.2) is 40.7 Å². The van der Waals surface area contributed by atoms with Crippen LogP contribution >= 0.6 is 35.3 Å². The maximum atomic E-state index is 13.4. The fourth-order valence-electron chi connectivity index (χ4n) is 2.26. The molecule has 7 heteroatoms. The first kappa shape index (κ1) is 20.9. The fraction of sp³-hybridized carbons (Fsp3) is 0.353. The summed E-state index contributed by atoms with van der Waals surface area (Å²) >= 11 is 1.75. The van der Waals surface area contributed by atoms with E-state index in [4.69, 9.17) is 5.11 Å². The van der Waals surface area contributed by atoms with Gasteiger partial charge < -0.3 is 15.3 Å². The number of hydrogen-bond acceptors (Lipinski definition) is 3. The van der Waals surface area contributed by atoms with E-state index in [0.29, 0.717) is 12.1 Å². The first-order valence-corrected chi connectivity index (χ1v) is 8.34. The van der Waals surface area contributed by atoms with Gasteiger partial charge in [0.25, 0.3) is 0 Å². The van der Waals surface area contributed by atoms with E-state index in [9.17, 15) is 4.39 Å². The monoisotopic (exact) mass is 463 g/mol. The van der Waals surface area contributed by atoms with Gasteiger partial charge in [0.2, 0.25) is 0 Å². The number of hydrogen-bond donors (Lipinski definition) is 2. The van der Waals surface area contributed by atoms with Crippen LogP contribution in [0.4, 0.5) is 4.39 Å². The van der Waals surface area contributed by atoms with Gasteiger partial charge in [-0.3, -0.25) is 4.99 Å². The maximum absolute atomic E-state index is 13.4. The van der Waals surface area contributed by atoms with Gasteiger partial charge in [0, 0.05) is 37.6 Å². The molecular formula is C17H23FIN3OS. The summed E-state index contributed by atoms with van der Waals surface area (Å²) in [5.41, 5.74) is 1.22. The molecule has 2 aromatic rings. The summed E-state index contributed by atoms with van der Waals surface area (Å²) < 4.78 is 13.4. The summed E-state index contributed by atoms with van der Waals surface area (Å²) in [6.45, 7) is 1.10. The van der Waals surface area contributed by atoms with Crippen LogP contribution < -0.4 is 5.32 Å². The molecule has 1 aromatic carbocycles. The number of nitrogens with one attached hydrogen (secondary N) is 1. The molecule has 1 aromatic heterocycles. The number of aliphatic imine (C=N–C) groups is 1. The highest BCUT2D eigenvalue weighted by Crippen LogP contribution is 2.11. The predicted octanol–water partition coefficient (Wildman–Crippen LogP) is 3.25. The molecule has 0 amide bonds. The second-order valence-corrected chi connectivity index (χ2v) is 6.27. The Kier molecular flexibility index (Phi) is 9.24. The van der Waals surface area contributed by atoms with Gasteiger partial charge in [-0.1, -0.05) is 12.1 Å². The predicted molar refractivity (Wildman–Crippen MR) is 109 cm³/mol. The van der Waals surface area contributed by atoms with Gasteiger partial charge in [-0.15, -0.1) is 35.3 Å². The van der Waals surface area contributed by atoms with Gasteiger partial charge in [-0.2, -0.15) is 0 Å². The Morgan fingerprint density at radius 2 is 2.17 bits per heavy atom. The van der Waals surface area contributed by atoms with Crippen LogP contribution in [-0.2, 0) is 19.6 Å². The second-order valence-electron chi connectivity index (χ2n) is 5.24. The number of guanidine groups is 1. The molecule has 0 saturated carbocycles. The number of likely N-dealkylation sites (N-methyl/N-ethyl adjacent to an activating group) is 1. The van der Waals surface area contributed by atoms with Crippen LogP contribution in [0.2, 0.25) is 0 Å². The molecule has 0 radical (unpaired) electrons. The van der Waals surface area contributed by atoms with E-state index in [1.54, 1.807) is 30.5 Å². The van der Waals surface area contributed by atoms with Crippen LogP contribution in [0, 0.1) is 5.82 Å². The summed E-state index contributed by atoms with van der Waals surface area (Å²) in [6, 6.07) is 8.94. The molecule has 0 unspecified atom stereocenters. The Labute approximate surface area is 163 Å². The molecule has 0 bridgehead atoms. The number of benzene rings is 1. The first-order valence-electron chi connectivity index (χ1n) is 7.46. The molecule has 2 N–H and O–H groups in total. The van der Waals surface area contributed by atoms with Crippen molar-refractivity contribution in [2.24, 2.45) is 4.99 Å². The fourth-order valence-corrected chi connectivity index (χ4v) is 2.96. The molecule has 0 aliphatic rings. The van der Waals surface area contributed by atoms with Gasteiger partial charge >= 0.3 is 0 Å². The van der Waals surface area contributed by atoms with Crippen LogP contribution in [0.5, 0.6) is 0 Å². The lowest BCUT2D eigenvalue weighted by atomic mass is 10.1. The zero-order chi connectivity index (χ0) is 16.7. The van der Waals surface area contributed by atoms with E-state index in [0.717, 1.165) is 24.5 Å². The summed E-state index contributed by atoms with van der Waals surface area (Å²) in [5, 5.41) is 14.5. The molecule has 24 heavy (non-hydrogen) atoms. The van der Waals surface area contributed by atoms with Crippen molar-refractivity contribution in [3.63, 3.8) is 0 Å². The molecular weight excluding hydrogens is 440 g/mol. The van der Waals surface area contributed by atoms with Crippen molar-refractivity contribution >= 4 is 41.3 Å². The van der Waals surface area contributed by atoms with Crippen molar-refractivity contribution in [2.75, 3.05) is 20.6 Å². The van der Waals surface area contributed by atoms with E-state index in [-0.39, 0.29) is 36.4 Å². The minimum atomic E-state index is -0.381. The minimum Gasteiger partial charge on any atom is -0.392 e. The highest BCUT2D eigenvalue weighted by Gasteiger charge is 2.07. The standard InChI is InChI=1S/C17H22FN3OS.HI/c1-19-17(21(2)8-7-15-4-3-9-23-15)20-11-13-5-6-16(18)14(10-13)12-22;/h3-6,9-10,22H,7-8,11-12H2,1-2H3,(H,19,20);1H. The summed E-state index contributed by atoms with van der Waals surface area (Å²) in [7, 11) is 3.74. The highest BCUT2D eigenvalue weighted by atomic mass is 127. The molecule has 0 fully saturated rings. The van der Waals surface area contributed by atoms with Crippen molar-refractivity contribution in [1.82, 2.24) is 10.2 Å². The molecule has 0 spiro atoms. The average molecular weight is 463 g/mol. The van der Waals surface area contributed by atoms with Crippen molar-refractivity contribution in [2.45, 2.75) is 19.6 Å². The number of aliphatic hydroxyl groups is 1. The van der Waals surface area contributed by atoms with Crippen molar-refractivity contribution in [3.8, 4) is 0 Å². The van der Waals surface area contributed by atoms with E-state index in [1.807, 2.05) is 7.05 Å². The van der Waals surface area contributed by atoms with Crippen molar-refractivity contribution in [3.05, 3.63) is 57.5 Å². The van der Waals surface area contributed by atoms with Crippen LogP contribution in [-0.4, -0.2) is 36.6 Å². The number of aliphatic hydroxyl groups excluding tert-OH is 1. The quantitative estimate of drug-likeness (QED) is 0.393. The zero-order valence-corrected chi connectivity index (χ0v) is 17.0. The van der Waals surface area contributed by atoms with E-state index >= 15 is 0 Å². The maximum Gasteiger partial charge on any atom is 0.193 e. The Hall–Kier alpha value is -1.19. The SMILES string of the molecule is CN=C(NCc1ccc(F)c(CO)c1)N(C)CCc1cccs1.I. The van der Waals surface area contributed by atoms with E-state index in [1.165, 1.54) is 10.9 Å². The third-order valence-electron chi connectivity index (χ3n) is 3.58. The van der Waals surface area contributed by atoms with Gasteiger partial charge in [0.15, 0.2) is 5.96 Å². The third kappa shape index (κ3) is 6.03. The highest BCUT2D eigenvalue weighted by molar-refractivity contribution is 14.0. The van der Waals surface area contributed by atoms with Gasteiger partial charge in [-0.25, -0.2) is 4.39 Å². The molecule has 132 valence electrons. The third-order valence-corrected chi connectivity index (χ3v) is 4.51. The largest absolute Gasteiger partial charge is 0.392 e. The number of rotatable bonds is 6. The lowest BCUT2D eigenvalue weighted by Gasteiger charge is -2.22. The van der Waals surface area contributed by atoms with E-state index in [2.05, 4.69) is 32.7 Å². The van der Waals surface area contributed by atoms with Crippen molar-refractivity contribution in [1.29, 1.82) is 0 Å². The molecule has 0 aliphatic carbocycles. The van der Waals surface area contributed by atoms with Crippen LogP contribution in [0.3, 0.4) is 0 Å². The molecule has 1 heterocycles. The van der Waals surface area contributed by atoms with Gasteiger partial charge in [0.1, 0.15) is 5.82 Å². The Balaban J connectivity index is 0.00000288. The van der Waals surface area contributed by atoms with Crippen LogP contribution in [0.25, 0.3) is 0 Å². The smallest absolute Gasteiger partial charge is 0.193 e. The van der Waals surface area contributed by atoms with Crippen LogP contribution in [0.1, 0.15) is 16.0 Å². The summed E-state index contributed by atoms with van der Waals surface area (Å²) in [6.07, 6.45) is 0.972. The summed E-state index contributed by atoms with van der Waals surface area (Å²) in [4.78, 5) is 7.69. The molecule has 0 atom stereocenters. The van der Waals surface area contributed by atoms with E-state index < -0.39 is 0 Å². The van der Waals surface area contributed by atoms with Gasteiger partial charge in [0.05, 0.1) is 6.61 Å². The number of nitrogens with zero attached hydrogens (tertiary/aromatic N) is 2. The molecule has 0 saturated heterocycles. The first-order chi connectivity index (χ1) is 11.1. The Morgan fingerprint density at radius 1 is 1.38 bits per heavy atom.